The second kappa shape index (κ2) is 7.96. The van der Waals surface area contributed by atoms with Crippen molar-refractivity contribution in [2.24, 2.45) is 11.8 Å². The molecule has 0 aliphatic carbocycles. The Labute approximate surface area is 148 Å². The van der Waals surface area contributed by atoms with Gasteiger partial charge in [0.1, 0.15) is 0 Å². The Morgan fingerprint density at radius 1 is 1.33 bits per heavy atom. The van der Waals surface area contributed by atoms with Crippen molar-refractivity contribution in [1.82, 2.24) is 10.6 Å². The van der Waals surface area contributed by atoms with Crippen LogP contribution in [0.2, 0.25) is 0 Å². The third-order valence-corrected chi connectivity index (χ3v) is 4.68. The average molecular weight is 354 g/mol. The first kappa shape index (κ1) is 18.7. The maximum absolute atomic E-state index is 12.3. The summed E-state index contributed by atoms with van der Waals surface area (Å²) in [4.78, 5) is 26.2. The Hall–Kier alpha value is -1.63. The molecule has 3 unspecified atom stereocenters. The molecule has 2 heterocycles. The van der Waals surface area contributed by atoms with Gasteiger partial charge in [0.15, 0.2) is 0 Å². The number of halogens is 1. The third-order valence-electron chi connectivity index (χ3n) is 4.68. The van der Waals surface area contributed by atoms with E-state index in [-0.39, 0.29) is 42.5 Å². The van der Waals surface area contributed by atoms with Gasteiger partial charge in [-0.1, -0.05) is 17.7 Å². The molecule has 0 spiro atoms. The van der Waals surface area contributed by atoms with Crippen LogP contribution in [0.4, 0.5) is 5.69 Å². The van der Waals surface area contributed by atoms with Gasteiger partial charge in [-0.2, -0.15) is 0 Å². The minimum absolute atomic E-state index is 0. The summed E-state index contributed by atoms with van der Waals surface area (Å²) >= 11 is 0. The highest BCUT2D eigenvalue weighted by molar-refractivity contribution is 6.00. The predicted molar refractivity (Wildman–Crippen MR) is 94.3 cm³/mol. The quantitative estimate of drug-likeness (QED) is 0.735. The average Bonchev–Trinajstić information content (AvgIpc) is 3.12. The van der Waals surface area contributed by atoms with E-state index < -0.39 is 6.10 Å². The number of carbonyl (C=O) groups excluding carboxylic acids is 2. The first-order valence-electron chi connectivity index (χ1n) is 8.08. The second-order valence-electron chi connectivity index (χ2n) is 6.47. The number of amides is 2. The highest BCUT2D eigenvalue weighted by Gasteiger charge is 2.35. The van der Waals surface area contributed by atoms with Gasteiger partial charge >= 0.3 is 0 Å². The van der Waals surface area contributed by atoms with Crippen molar-refractivity contribution < 1.29 is 14.7 Å². The summed E-state index contributed by atoms with van der Waals surface area (Å²) in [7, 11) is 0. The number of hydrogen-bond donors (Lipinski definition) is 3. The van der Waals surface area contributed by atoms with Crippen LogP contribution < -0.4 is 15.5 Å². The van der Waals surface area contributed by atoms with Gasteiger partial charge in [0.25, 0.3) is 0 Å². The van der Waals surface area contributed by atoms with Gasteiger partial charge in [-0.05, 0) is 19.1 Å². The molecule has 1 aromatic carbocycles. The minimum Gasteiger partial charge on any atom is -0.391 e. The van der Waals surface area contributed by atoms with Crippen LogP contribution in [0.1, 0.15) is 12.0 Å². The molecule has 7 heteroatoms. The van der Waals surface area contributed by atoms with Crippen molar-refractivity contribution in [2.75, 3.05) is 31.1 Å². The lowest BCUT2D eigenvalue weighted by molar-refractivity contribution is -0.126. The number of carbonyl (C=O) groups is 2. The normalized spacial score (nSPS) is 26.3. The van der Waals surface area contributed by atoms with E-state index in [1.807, 2.05) is 31.2 Å². The fourth-order valence-electron chi connectivity index (χ4n) is 3.16. The molecular formula is C17H24ClN3O3. The fraction of sp³-hybridized carbons (Fsp3) is 0.529. The van der Waals surface area contributed by atoms with Gasteiger partial charge in [-0.3, -0.25) is 9.59 Å². The molecule has 2 amide bonds. The van der Waals surface area contributed by atoms with Crippen molar-refractivity contribution in [3.63, 3.8) is 0 Å². The SMILES string of the molecule is Cc1ccc(N2CC(C(=O)NCC3CNCC3O)CC2=O)cc1.Cl. The van der Waals surface area contributed by atoms with Crippen LogP contribution in [-0.2, 0) is 9.59 Å². The zero-order valence-corrected chi connectivity index (χ0v) is 14.5. The number of hydrogen-bond acceptors (Lipinski definition) is 4. The van der Waals surface area contributed by atoms with Crippen LogP contribution in [0.25, 0.3) is 0 Å². The van der Waals surface area contributed by atoms with Crippen LogP contribution >= 0.6 is 12.4 Å². The van der Waals surface area contributed by atoms with E-state index in [2.05, 4.69) is 10.6 Å². The van der Waals surface area contributed by atoms with E-state index in [9.17, 15) is 14.7 Å². The Bertz CT molecular complexity index is 593. The zero-order chi connectivity index (χ0) is 16.4. The van der Waals surface area contributed by atoms with Crippen LogP contribution in [0.5, 0.6) is 0 Å². The van der Waals surface area contributed by atoms with Crippen molar-refractivity contribution >= 4 is 29.9 Å². The molecule has 132 valence electrons. The minimum atomic E-state index is -0.412. The lowest BCUT2D eigenvalue weighted by Crippen LogP contribution is -2.38. The van der Waals surface area contributed by atoms with Crippen molar-refractivity contribution in [1.29, 1.82) is 0 Å². The second-order valence-corrected chi connectivity index (χ2v) is 6.47. The monoisotopic (exact) mass is 353 g/mol. The van der Waals surface area contributed by atoms with E-state index in [1.54, 1.807) is 4.90 Å². The van der Waals surface area contributed by atoms with E-state index >= 15 is 0 Å². The van der Waals surface area contributed by atoms with E-state index in [1.165, 1.54) is 0 Å². The van der Waals surface area contributed by atoms with Crippen molar-refractivity contribution in [3.8, 4) is 0 Å². The number of aliphatic hydroxyl groups is 1. The Morgan fingerprint density at radius 3 is 2.67 bits per heavy atom. The standard InChI is InChI=1S/C17H23N3O3.ClH/c1-11-2-4-14(5-3-11)20-10-12(6-16(20)22)17(23)19-8-13-7-18-9-15(13)21;/h2-5,12-13,15,18,21H,6-10H2,1H3,(H,19,23);1H. The summed E-state index contributed by atoms with van der Waals surface area (Å²) < 4.78 is 0. The van der Waals surface area contributed by atoms with Crippen LogP contribution in [0.3, 0.4) is 0 Å². The largest absolute Gasteiger partial charge is 0.391 e. The Kier molecular flexibility index (Phi) is 6.21. The molecule has 3 N–H and O–H groups in total. The molecule has 24 heavy (non-hydrogen) atoms. The van der Waals surface area contributed by atoms with Crippen LogP contribution in [0.15, 0.2) is 24.3 Å². The Balaban J connectivity index is 0.00000208. The van der Waals surface area contributed by atoms with Gasteiger partial charge in [0.05, 0.1) is 12.0 Å². The third kappa shape index (κ3) is 4.06. The smallest absolute Gasteiger partial charge is 0.227 e. The summed E-state index contributed by atoms with van der Waals surface area (Å²) in [5.41, 5.74) is 1.98. The number of β-amino-alcohol motifs (C(OH)–C–C–N with tert-alkyl or cyclic N) is 1. The summed E-state index contributed by atoms with van der Waals surface area (Å²) in [6, 6.07) is 7.75. The molecular weight excluding hydrogens is 330 g/mol. The summed E-state index contributed by atoms with van der Waals surface area (Å²) in [6.45, 7) is 4.14. The topological polar surface area (TPSA) is 81.7 Å². The first-order chi connectivity index (χ1) is 11.0. The zero-order valence-electron chi connectivity index (χ0n) is 13.7. The molecule has 0 saturated carbocycles. The maximum Gasteiger partial charge on any atom is 0.227 e. The molecule has 2 saturated heterocycles. The molecule has 6 nitrogen and oxygen atoms in total. The number of nitrogens with one attached hydrogen (secondary N) is 2. The highest BCUT2D eigenvalue weighted by Crippen LogP contribution is 2.25. The molecule has 0 radical (unpaired) electrons. The van der Waals surface area contributed by atoms with Crippen molar-refractivity contribution in [3.05, 3.63) is 29.8 Å². The number of aliphatic hydroxyl groups excluding tert-OH is 1. The predicted octanol–water partition coefficient (Wildman–Crippen LogP) is 0.466. The fourth-order valence-corrected chi connectivity index (χ4v) is 3.16. The lowest BCUT2D eigenvalue weighted by atomic mass is 10.0. The number of benzene rings is 1. The maximum atomic E-state index is 12.3. The lowest BCUT2D eigenvalue weighted by Gasteiger charge is -2.18. The van der Waals surface area contributed by atoms with Gasteiger partial charge in [0.2, 0.25) is 11.8 Å². The number of anilines is 1. The van der Waals surface area contributed by atoms with Gasteiger partial charge in [0, 0.05) is 44.2 Å². The Morgan fingerprint density at radius 2 is 2.04 bits per heavy atom. The number of nitrogens with zero attached hydrogens (tertiary/aromatic N) is 1. The van der Waals surface area contributed by atoms with Gasteiger partial charge in [-0.25, -0.2) is 0 Å². The summed E-state index contributed by atoms with van der Waals surface area (Å²) in [6.07, 6.45) is -0.171. The highest BCUT2D eigenvalue weighted by atomic mass is 35.5. The van der Waals surface area contributed by atoms with E-state index in [4.69, 9.17) is 0 Å². The number of aryl methyl sites for hydroxylation is 1. The van der Waals surface area contributed by atoms with E-state index in [0.717, 1.165) is 11.3 Å². The van der Waals surface area contributed by atoms with Crippen LogP contribution in [0, 0.1) is 18.8 Å². The number of rotatable bonds is 4. The molecule has 1 aromatic rings. The molecule has 2 aliphatic rings. The molecule has 3 rings (SSSR count). The van der Waals surface area contributed by atoms with E-state index in [0.29, 0.717) is 26.2 Å². The van der Waals surface area contributed by atoms with Gasteiger partial charge in [-0.15, -0.1) is 12.4 Å². The summed E-state index contributed by atoms with van der Waals surface area (Å²) in [5, 5.41) is 15.7. The molecule has 2 fully saturated rings. The van der Waals surface area contributed by atoms with Gasteiger partial charge < -0.3 is 20.6 Å². The first-order valence-corrected chi connectivity index (χ1v) is 8.08. The van der Waals surface area contributed by atoms with Crippen molar-refractivity contribution in [2.45, 2.75) is 19.4 Å². The molecule has 0 bridgehead atoms. The summed E-state index contributed by atoms with van der Waals surface area (Å²) in [5.74, 6) is -0.400. The molecule has 0 aromatic heterocycles. The van der Waals surface area contributed by atoms with Crippen LogP contribution in [-0.4, -0.2) is 49.2 Å². The molecule has 3 atom stereocenters. The molecule has 2 aliphatic heterocycles.